The molecule has 62 heavy (non-hydrogen) atoms. The number of allylic oxidation sites excluding steroid dienone is 1. The number of nitro benzene ring substituents is 1. The molecule has 2 aliphatic heterocycles. The number of nitrogens with zero attached hydrogens (tertiary/aromatic N) is 3. The second-order valence-corrected chi connectivity index (χ2v) is 19.2. The molecular weight excluding hydrogens is 837 g/mol. The predicted octanol–water partition coefficient (Wildman–Crippen LogP) is 9.32. The Labute approximate surface area is 365 Å². The molecule has 4 aromatic carbocycles. The van der Waals surface area contributed by atoms with Crippen LogP contribution >= 0.6 is 11.6 Å². The first-order valence-electron chi connectivity index (χ1n) is 20.7. The van der Waals surface area contributed by atoms with Gasteiger partial charge in [-0.15, -0.1) is 0 Å². The Bertz CT molecular complexity index is 2620. The topological polar surface area (TPSA) is 156 Å². The number of hydrogen-bond donors (Lipinski definition) is 2. The van der Waals surface area contributed by atoms with Crippen molar-refractivity contribution in [1.82, 2.24) is 14.6 Å². The van der Waals surface area contributed by atoms with Gasteiger partial charge in [0.05, 0.1) is 15.4 Å². The highest BCUT2D eigenvalue weighted by molar-refractivity contribution is 7.90. The zero-order valence-corrected chi connectivity index (χ0v) is 36.2. The van der Waals surface area contributed by atoms with Crippen LogP contribution in [-0.2, 0) is 14.8 Å². The number of sulfonamides is 1. The third kappa shape index (κ3) is 9.76. The largest absolute Gasteiger partial charge is 0.483 e. The minimum Gasteiger partial charge on any atom is -0.483 e. The minimum absolute atomic E-state index is 0.0630. The fraction of sp³-hybridized carbons (Fsp3) is 0.370. The Morgan fingerprint density at radius 2 is 1.71 bits per heavy atom. The molecule has 16 heteroatoms. The molecule has 3 heterocycles. The molecule has 13 nitrogen and oxygen atoms in total. The predicted molar refractivity (Wildman–Crippen MR) is 237 cm³/mol. The molecule has 0 unspecified atom stereocenters. The monoisotopic (exact) mass is 885 g/mol. The number of carbonyl (C=O) groups is 1. The number of hydrogen-bond acceptors (Lipinski definition) is 10. The number of alkyl halides is 1. The van der Waals surface area contributed by atoms with E-state index in [1.165, 1.54) is 22.8 Å². The number of ether oxygens (including phenoxy) is 3. The number of rotatable bonds is 13. The molecule has 0 atom stereocenters. The third-order valence-corrected chi connectivity index (χ3v) is 13.6. The van der Waals surface area contributed by atoms with Gasteiger partial charge in [0.1, 0.15) is 23.8 Å². The molecular formula is C46H49ClFN5O8S. The molecule has 1 amide bonds. The van der Waals surface area contributed by atoms with Crippen molar-refractivity contribution in [1.29, 1.82) is 0 Å². The van der Waals surface area contributed by atoms with E-state index < -0.39 is 43.7 Å². The molecule has 2 fully saturated rings. The molecule has 8 rings (SSSR count). The highest BCUT2D eigenvalue weighted by Crippen LogP contribution is 2.44. The van der Waals surface area contributed by atoms with Crippen molar-refractivity contribution in [2.45, 2.75) is 56.5 Å². The maximum Gasteiger partial charge on any atom is 0.312 e. The third-order valence-electron chi connectivity index (χ3n) is 12.1. The van der Waals surface area contributed by atoms with E-state index >= 15 is 4.39 Å². The van der Waals surface area contributed by atoms with E-state index in [1.54, 1.807) is 30.5 Å². The van der Waals surface area contributed by atoms with E-state index in [0.717, 1.165) is 78.7 Å². The average Bonchev–Trinajstić information content (AvgIpc) is 3.74. The number of halogens is 2. The summed E-state index contributed by atoms with van der Waals surface area (Å²) in [5.41, 5.74) is 3.40. The number of amides is 1. The lowest BCUT2D eigenvalue weighted by atomic mass is 9.72. The van der Waals surface area contributed by atoms with Gasteiger partial charge < -0.3 is 24.1 Å². The Kier molecular flexibility index (Phi) is 12.3. The summed E-state index contributed by atoms with van der Waals surface area (Å²) < 4.78 is 61.7. The number of benzene rings is 4. The van der Waals surface area contributed by atoms with Crippen molar-refractivity contribution in [2.75, 3.05) is 57.4 Å². The number of nitrogens with one attached hydrogen (secondary N) is 2. The average molecular weight is 886 g/mol. The van der Waals surface area contributed by atoms with Crippen LogP contribution in [0.5, 0.6) is 17.2 Å². The van der Waals surface area contributed by atoms with Gasteiger partial charge in [0.25, 0.3) is 15.9 Å². The van der Waals surface area contributed by atoms with Crippen LogP contribution in [0, 0.1) is 15.5 Å². The highest BCUT2D eigenvalue weighted by Gasteiger charge is 2.35. The standard InChI is InChI=1S/C46H49ClFN5O8S/c1-45(2)16-14-32(38(28-45)31-6-8-33(47)9-7-31)29-51-20-22-52(23-21-51)34-10-12-37(43(26-34)61-41-5-3-4-39-36(41)15-19-49-39)44(54)50-62(57,58)35-11-13-42(40(27-35)53(55)56)60-30-46(48)17-24-59-25-18-46/h3-13,15,19,26-27,49H,14,16-18,20-25,28-30H2,1-2H3,(H,50,54). The van der Waals surface area contributed by atoms with E-state index in [4.69, 9.17) is 25.8 Å². The van der Waals surface area contributed by atoms with Gasteiger partial charge in [0.15, 0.2) is 5.75 Å². The van der Waals surface area contributed by atoms with Crippen molar-refractivity contribution in [3.05, 3.63) is 123 Å². The van der Waals surface area contributed by atoms with Crippen molar-refractivity contribution < 1.29 is 36.7 Å². The Hall–Kier alpha value is -5.48. The van der Waals surface area contributed by atoms with E-state index in [0.29, 0.717) is 18.8 Å². The summed E-state index contributed by atoms with van der Waals surface area (Å²) in [4.78, 5) is 32.5. The van der Waals surface area contributed by atoms with Gasteiger partial charge in [-0.05, 0) is 90.4 Å². The maximum absolute atomic E-state index is 15.2. The van der Waals surface area contributed by atoms with E-state index in [-0.39, 0.29) is 48.5 Å². The Morgan fingerprint density at radius 1 is 0.952 bits per heavy atom. The fourth-order valence-electron chi connectivity index (χ4n) is 8.40. The van der Waals surface area contributed by atoms with Crippen LogP contribution < -0.4 is 19.1 Å². The quantitative estimate of drug-likeness (QED) is 0.0863. The van der Waals surface area contributed by atoms with Crippen molar-refractivity contribution in [3.63, 3.8) is 0 Å². The second-order valence-electron chi connectivity index (χ2n) is 17.0. The van der Waals surface area contributed by atoms with Gasteiger partial charge in [0.2, 0.25) is 0 Å². The second kappa shape index (κ2) is 17.7. The summed E-state index contributed by atoms with van der Waals surface area (Å²) in [6.07, 6.45) is 5.06. The van der Waals surface area contributed by atoms with Crippen molar-refractivity contribution in [2.24, 2.45) is 5.41 Å². The van der Waals surface area contributed by atoms with Crippen LogP contribution in [0.25, 0.3) is 16.5 Å². The number of H-pyrrole nitrogens is 1. The summed E-state index contributed by atoms with van der Waals surface area (Å²) in [6.45, 7) is 8.47. The number of fused-ring (bicyclic) bond motifs is 1. The molecule has 0 radical (unpaired) electrons. The van der Waals surface area contributed by atoms with Crippen LogP contribution in [0.2, 0.25) is 5.02 Å². The first-order valence-corrected chi connectivity index (χ1v) is 22.6. The molecule has 2 saturated heterocycles. The molecule has 5 aromatic rings. The van der Waals surface area contributed by atoms with Crippen LogP contribution in [0.3, 0.4) is 0 Å². The summed E-state index contributed by atoms with van der Waals surface area (Å²) in [5.74, 6) is -0.727. The summed E-state index contributed by atoms with van der Waals surface area (Å²) in [7, 11) is -4.66. The zero-order valence-electron chi connectivity index (χ0n) is 34.6. The zero-order chi connectivity index (χ0) is 43.6. The van der Waals surface area contributed by atoms with Gasteiger partial charge >= 0.3 is 5.69 Å². The highest BCUT2D eigenvalue weighted by atomic mass is 35.5. The molecule has 0 bridgehead atoms. The van der Waals surface area contributed by atoms with Crippen LogP contribution in [0.4, 0.5) is 15.8 Å². The Morgan fingerprint density at radius 3 is 2.45 bits per heavy atom. The lowest BCUT2D eigenvalue weighted by molar-refractivity contribution is -0.386. The fourth-order valence-corrected chi connectivity index (χ4v) is 9.51. The van der Waals surface area contributed by atoms with Crippen molar-refractivity contribution >= 4 is 55.4 Å². The number of nitro groups is 1. The summed E-state index contributed by atoms with van der Waals surface area (Å²) in [6, 6.07) is 23.4. The van der Waals surface area contributed by atoms with Gasteiger partial charge in [-0.2, -0.15) is 0 Å². The number of carbonyl (C=O) groups excluding carboxylic acids is 1. The van der Waals surface area contributed by atoms with Gasteiger partial charge in [-0.3, -0.25) is 19.8 Å². The van der Waals surface area contributed by atoms with Gasteiger partial charge in [-0.1, -0.05) is 49.2 Å². The number of piperazine rings is 1. The first kappa shape index (κ1) is 43.2. The number of aromatic amines is 1. The Balaban J connectivity index is 1.01. The molecule has 1 aliphatic carbocycles. The number of anilines is 1. The van der Waals surface area contributed by atoms with Crippen LogP contribution in [0.1, 0.15) is 61.9 Å². The lowest BCUT2D eigenvalue weighted by Gasteiger charge is -2.39. The molecule has 0 spiro atoms. The smallest absolute Gasteiger partial charge is 0.312 e. The SMILES string of the molecule is CC1(C)CCC(CN2CCN(c3ccc(C(=O)NS(=O)(=O)c4ccc(OCC5(F)CCOCC5)c([N+](=O)[O-])c4)c(Oc4cccc5[nH]ccc45)c3)CC2)=C(c2ccc(Cl)cc2)C1. The van der Waals surface area contributed by atoms with E-state index in [1.807, 2.05) is 24.3 Å². The van der Waals surface area contributed by atoms with Crippen LogP contribution in [0.15, 0.2) is 102 Å². The number of aromatic nitrogens is 1. The van der Waals surface area contributed by atoms with Gasteiger partial charge in [-0.25, -0.2) is 17.5 Å². The molecule has 326 valence electrons. The minimum atomic E-state index is -4.66. The summed E-state index contributed by atoms with van der Waals surface area (Å²) in [5, 5.41) is 13.5. The molecule has 2 N–H and O–H groups in total. The molecule has 0 saturated carbocycles. The van der Waals surface area contributed by atoms with Crippen LogP contribution in [-0.4, -0.2) is 87.3 Å². The molecule has 1 aromatic heterocycles. The van der Waals surface area contributed by atoms with Crippen molar-refractivity contribution in [3.8, 4) is 17.2 Å². The van der Waals surface area contributed by atoms with E-state index in [2.05, 4.69) is 45.5 Å². The van der Waals surface area contributed by atoms with E-state index in [9.17, 15) is 23.3 Å². The summed E-state index contributed by atoms with van der Waals surface area (Å²) >= 11 is 6.24. The first-order chi connectivity index (χ1) is 29.7. The lowest BCUT2D eigenvalue weighted by Crippen LogP contribution is -2.47. The van der Waals surface area contributed by atoms with Gasteiger partial charge in [0, 0.05) is 98.7 Å². The molecule has 3 aliphatic rings. The normalized spacial score (nSPS) is 18.1. The maximum atomic E-state index is 15.2.